The SMILES string of the molecule is CCCCCC(=O)NC(Nc1cccc(C)c1)C(Cl)(Cl)Cl. The lowest BCUT2D eigenvalue weighted by molar-refractivity contribution is -0.121. The minimum Gasteiger partial charge on any atom is -0.362 e. The van der Waals surface area contributed by atoms with E-state index in [9.17, 15) is 4.79 Å². The molecule has 1 aromatic carbocycles. The van der Waals surface area contributed by atoms with Gasteiger partial charge in [0.25, 0.3) is 0 Å². The molecule has 0 heterocycles. The summed E-state index contributed by atoms with van der Waals surface area (Å²) in [6, 6.07) is 7.65. The third-order valence-electron chi connectivity index (χ3n) is 2.97. The molecule has 0 spiro atoms. The Morgan fingerprint density at radius 2 is 2.00 bits per heavy atom. The zero-order valence-corrected chi connectivity index (χ0v) is 14.5. The summed E-state index contributed by atoms with van der Waals surface area (Å²) in [6.07, 6.45) is 2.55. The molecule has 0 saturated carbocycles. The number of aryl methyl sites for hydroxylation is 1. The van der Waals surface area contributed by atoms with Gasteiger partial charge in [-0.3, -0.25) is 4.79 Å². The van der Waals surface area contributed by atoms with Crippen molar-refractivity contribution >= 4 is 46.4 Å². The lowest BCUT2D eigenvalue weighted by atomic mass is 10.2. The van der Waals surface area contributed by atoms with Crippen LogP contribution in [0.15, 0.2) is 24.3 Å². The van der Waals surface area contributed by atoms with Crippen LogP contribution < -0.4 is 10.6 Å². The van der Waals surface area contributed by atoms with Crippen LogP contribution in [0, 0.1) is 6.92 Å². The third kappa shape index (κ3) is 7.25. The second-order valence-corrected chi connectivity index (χ2v) is 7.38. The van der Waals surface area contributed by atoms with E-state index in [-0.39, 0.29) is 5.91 Å². The summed E-state index contributed by atoms with van der Waals surface area (Å²) >= 11 is 17.8. The molecule has 2 N–H and O–H groups in total. The molecule has 0 aromatic heterocycles. The van der Waals surface area contributed by atoms with Gasteiger partial charge in [0.1, 0.15) is 6.17 Å². The number of carbonyl (C=O) groups excluding carboxylic acids is 1. The molecule has 3 nitrogen and oxygen atoms in total. The Balaban J connectivity index is 2.66. The molecule has 1 rings (SSSR count). The fourth-order valence-electron chi connectivity index (χ4n) is 1.87. The normalized spacial score (nSPS) is 12.8. The Kier molecular flexibility index (Phi) is 7.64. The van der Waals surface area contributed by atoms with Gasteiger partial charge < -0.3 is 10.6 Å². The molecule has 1 atom stereocenters. The zero-order chi connectivity index (χ0) is 15.9. The van der Waals surface area contributed by atoms with E-state index in [0.717, 1.165) is 30.5 Å². The summed E-state index contributed by atoms with van der Waals surface area (Å²) < 4.78 is -1.63. The zero-order valence-electron chi connectivity index (χ0n) is 12.3. The van der Waals surface area contributed by atoms with Crippen molar-refractivity contribution in [3.8, 4) is 0 Å². The molecule has 0 aliphatic heterocycles. The standard InChI is InChI=1S/C15H21Cl3N2O/c1-3-4-5-9-13(21)20-14(15(16,17)18)19-12-8-6-7-11(2)10-12/h6-8,10,14,19H,3-5,9H2,1-2H3,(H,20,21). The molecule has 6 heteroatoms. The van der Waals surface area contributed by atoms with Crippen LogP contribution in [0.1, 0.15) is 38.2 Å². The lowest BCUT2D eigenvalue weighted by Gasteiger charge is -2.27. The minimum atomic E-state index is -1.63. The van der Waals surface area contributed by atoms with Gasteiger partial charge in [0.15, 0.2) is 0 Å². The van der Waals surface area contributed by atoms with Gasteiger partial charge in [-0.05, 0) is 31.0 Å². The number of carbonyl (C=O) groups is 1. The summed E-state index contributed by atoms with van der Waals surface area (Å²) in [5.74, 6) is -0.125. The number of hydrogen-bond acceptors (Lipinski definition) is 2. The number of rotatable bonds is 7. The summed E-state index contributed by atoms with van der Waals surface area (Å²) in [5.41, 5.74) is 1.87. The van der Waals surface area contributed by atoms with Crippen LogP contribution in [0.3, 0.4) is 0 Å². The van der Waals surface area contributed by atoms with Crippen LogP contribution in [0.25, 0.3) is 0 Å². The summed E-state index contributed by atoms with van der Waals surface area (Å²) in [7, 11) is 0. The van der Waals surface area contributed by atoms with Crippen molar-refractivity contribution in [2.45, 2.75) is 49.5 Å². The van der Waals surface area contributed by atoms with Crippen molar-refractivity contribution in [3.63, 3.8) is 0 Å². The van der Waals surface area contributed by atoms with E-state index in [1.807, 2.05) is 31.2 Å². The number of alkyl halides is 3. The number of halogens is 3. The van der Waals surface area contributed by atoms with Gasteiger partial charge in [0.05, 0.1) is 0 Å². The number of nitrogens with one attached hydrogen (secondary N) is 2. The van der Waals surface area contributed by atoms with E-state index >= 15 is 0 Å². The third-order valence-corrected chi connectivity index (χ3v) is 3.62. The van der Waals surface area contributed by atoms with E-state index in [0.29, 0.717) is 6.42 Å². The Bertz CT molecular complexity index is 460. The van der Waals surface area contributed by atoms with Crippen molar-refractivity contribution in [1.29, 1.82) is 0 Å². The Morgan fingerprint density at radius 1 is 1.29 bits per heavy atom. The first-order valence-electron chi connectivity index (χ1n) is 7.02. The molecule has 21 heavy (non-hydrogen) atoms. The quantitative estimate of drug-likeness (QED) is 0.421. The topological polar surface area (TPSA) is 41.1 Å². The van der Waals surface area contributed by atoms with Crippen LogP contribution in [0.4, 0.5) is 5.69 Å². The van der Waals surface area contributed by atoms with Crippen LogP contribution in [0.5, 0.6) is 0 Å². The molecule has 0 aliphatic rings. The molecule has 0 saturated heterocycles. The van der Waals surface area contributed by atoms with Crippen molar-refractivity contribution in [1.82, 2.24) is 5.32 Å². The number of anilines is 1. The predicted octanol–water partition coefficient (Wildman–Crippen LogP) is 4.80. The van der Waals surface area contributed by atoms with Crippen LogP contribution in [0.2, 0.25) is 0 Å². The highest BCUT2D eigenvalue weighted by atomic mass is 35.6. The van der Waals surface area contributed by atoms with Crippen molar-refractivity contribution in [2.24, 2.45) is 0 Å². The lowest BCUT2D eigenvalue weighted by Crippen LogP contribution is -2.49. The fourth-order valence-corrected chi connectivity index (χ4v) is 2.20. The van der Waals surface area contributed by atoms with Gasteiger partial charge in [0, 0.05) is 12.1 Å². The Morgan fingerprint density at radius 3 is 2.57 bits per heavy atom. The van der Waals surface area contributed by atoms with E-state index in [4.69, 9.17) is 34.8 Å². The second kappa shape index (κ2) is 8.72. The van der Waals surface area contributed by atoms with E-state index in [1.165, 1.54) is 0 Å². The highest BCUT2D eigenvalue weighted by Crippen LogP contribution is 2.31. The number of benzene rings is 1. The molecular weight excluding hydrogens is 331 g/mol. The summed E-state index contributed by atoms with van der Waals surface area (Å²) in [6.45, 7) is 4.06. The van der Waals surface area contributed by atoms with Gasteiger partial charge in [-0.15, -0.1) is 0 Å². The molecule has 0 radical (unpaired) electrons. The summed E-state index contributed by atoms with van der Waals surface area (Å²) in [4.78, 5) is 11.9. The molecule has 0 bridgehead atoms. The van der Waals surface area contributed by atoms with Crippen molar-refractivity contribution < 1.29 is 4.79 Å². The predicted molar refractivity (Wildman–Crippen MR) is 91.2 cm³/mol. The average Bonchev–Trinajstić information content (AvgIpc) is 2.37. The van der Waals surface area contributed by atoms with Gasteiger partial charge in [0.2, 0.25) is 9.70 Å². The molecule has 1 amide bonds. The van der Waals surface area contributed by atoms with Gasteiger partial charge >= 0.3 is 0 Å². The number of unbranched alkanes of at least 4 members (excludes halogenated alkanes) is 2. The second-order valence-electron chi connectivity index (χ2n) is 5.01. The van der Waals surface area contributed by atoms with Crippen LogP contribution in [-0.4, -0.2) is 15.9 Å². The smallest absolute Gasteiger partial charge is 0.228 e. The Labute approximate surface area is 141 Å². The van der Waals surface area contributed by atoms with Gasteiger partial charge in [-0.25, -0.2) is 0 Å². The van der Waals surface area contributed by atoms with E-state index < -0.39 is 9.96 Å². The first kappa shape index (κ1) is 18.4. The van der Waals surface area contributed by atoms with E-state index in [2.05, 4.69) is 17.6 Å². The largest absolute Gasteiger partial charge is 0.362 e. The van der Waals surface area contributed by atoms with Crippen LogP contribution in [-0.2, 0) is 4.79 Å². The Hall–Kier alpha value is -0.640. The maximum Gasteiger partial charge on any atom is 0.228 e. The number of hydrogen-bond donors (Lipinski definition) is 2. The number of amides is 1. The monoisotopic (exact) mass is 350 g/mol. The summed E-state index contributed by atoms with van der Waals surface area (Å²) in [5, 5.41) is 5.79. The first-order chi connectivity index (χ1) is 9.82. The highest BCUT2D eigenvalue weighted by Gasteiger charge is 2.33. The highest BCUT2D eigenvalue weighted by molar-refractivity contribution is 6.68. The fraction of sp³-hybridized carbons (Fsp3) is 0.533. The van der Waals surface area contributed by atoms with E-state index in [1.54, 1.807) is 0 Å². The molecule has 118 valence electrons. The molecule has 1 aromatic rings. The maximum absolute atomic E-state index is 11.9. The maximum atomic E-state index is 11.9. The molecule has 0 fully saturated rings. The molecular formula is C15H21Cl3N2O. The molecule has 0 aliphatic carbocycles. The average molecular weight is 352 g/mol. The van der Waals surface area contributed by atoms with Gasteiger partial charge in [-0.1, -0.05) is 66.7 Å². The first-order valence-corrected chi connectivity index (χ1v) is 8.15. The van der Waals surface area contributed by atoms with Gasteiger partial charge in [-0.2, -0.15) is 0 Å². The molecule has 1 unspecified atom stereocenters. The van der Waals surface area contributed by atoms with Crippen molar-refractivity contribution in [2.75, 3.05) is 5.32 Å². The van der Waals surface area contributed by atoms with Crippen molar-refractivity contribution in [3.05, 3.63) is 29.8 Å². The minimum absolute atomic E-state index is 0.125. The van der Waals surface area contributed by atoms with Crippen LogP contribution >= 0.6 is 34.8 Å².